The third kappa shape index (κ3) is 2.62. The molecule has 1 unspecified atom stereocenters. The van der Waals surface area contributed by atoms with Crippen molar-refractivity contribution in [1.82, 2.24) is 0 Å². The summed E-state index contributed by atoms with van der Waals surface area (Å²) in [6.07, 6.45) is 1.36. The Bertz CT molecular complexity index is 504. The van der Waals surface area contributed by atoms with E-state index in [4.69, 9.17) is 9.47 Å². The fourth-order valence-corrected chi connectivity index (χ4v) is 4.49. The zero-order chi connectivity index (χ0) is 15.0. The van der Waals surface area contributed by atoms with Crippen molar-refractivity contribution in [3.63, 3.8) is 0 Å². The lowest BCUT2D eigenvalue weighted by molar-refractivity contribution is -0.154. The molecule has 0 radical (unpaired) electrons. The van der Waals surface area contributed by atoms with E-state index in [2.05, 4.69) is 21.7 Å². The Hall–Kier alpha value is -1.29. The Balaban J connectivity index is 1.60. The Labute approximate surface area is 127 Å². The average molecular weight is 286 g/mol. The lowest BCUT2D eigenvalue weighted by Gasteiger charge is -2.32. The van der Waals surface area contributed by atoms with Crippen LogP contribution >= 0.6 is 0 Å². The van der Waals surface area contributed by atoms with E-state index in [-0.39, 0.29) is 17.6 Å². The summed E-state index contributed by atoms with van der Waals surface area (Å²) in [7, 11) is 2.13. The SMILES string of the molecule is B[C@@H]1O[C@@]2(CC(=O)OCc3ccccc3)C[C@@H](C)[C@H]1C2C. The zero-order valence-corrected chi connectivity index (χ0v) is 13.0. The van der Waals surface area contributed by atoms with E-state index < -0.39 is 0 Å². The molecule has 4 heteroatoms. The van der Waals surface area contributed by atoms with Crippen molar-refractivity contribution in [2.45, 2.75) is 44.9 Å². The average Bonchev–Trinajstić information content (AvgIpc) is 2.82. The summed E-state index contributed by atoms with van der Waals surface area (Å²) in [5.74, 6) is 1.50. The largest absolute Gasteiger partial charge is 0.461 e. The normalized spacial score (nSPS) is 37.6. The summed E-state index contributed by atoms with van der Waals surface area (Å²) in [6, 6.07) is 10.1. The summed E-state index contributed by atoms with van der Waals surface area (Å²) >= 11 is 0. The molecule has 21 heavy (non-hydrogen) atoms. The maximum Gasteiger partial charge on any atom is 0.309 e. The minimum absolute atomic E-state index is 0.146. The highest BCUT2D eigenvalue weighted by Gasteiger charge is 2.59. The molecular weight excluding hydrogens is 263 g/mol. The molecule has 1 aromatic carbocycles. The number of carbonyl (C=O) groups is 1. The fourth-order valence-electron chi connectivity index (χ4n) is 4.49. The minimum atomic E-state index is -0.294. The second-order valence-electron chi connectivity index (χ2n) is 6.76. The summed E-state index contributed by atoms with van der Waals surface area (Å²) in [5, 5.41) is 0. The number of rotatable bonds is 4. The Kier molecular flexibility index (Phi) is 3.83. The summed E-state index contributed by atoms with van der Waals surface area (Å²) in [6.45, 7) is 4.85. The van der Waals surface area contributed by atoms with Gasteiger partial charge in [-0.05, 0) is 29.7 Å². The van der Waals surface area contributed by atoms with Crippen LogP contribution in [0.5, 0.6) is 0 Å². The van der Waals surface area contributed by atoms with Gasteiger partial charge in [-0.15, -0.1) is 0 Å². The molecule has 1 aromatic rings. The van der Waals surface area contributed by atoms with Crippen LogP contribution < -0.4 is 0 Å². The van der Waals surface area contributed by atoms with Crippen LogP contribution in [0, 0.1) is 17.8 Å². The molecule has 2 bridgehead atoms. The van der Waals surface area contributed by atoms with E-state index in [1.165, 1.54) is 0 Å². The molecule has 5 atom stereocenters. The van der Waals surface area contributed by atoms with Crippen LogP contribution in [0.15, 0.2) is 30.3 Å². The quantitative estimate of drug-likeness (QED) is 0.628. The van der Waals surface area contributed by atoms with Crippen molar-refractivity contribution < 1.29 is 14.3 Å². The molecule has 1 aliphatic carbocycles. The molecule has 1 saturated heterocycles. The van der Waals surface area contributed by atoms with Crippen LogP contribution in [0.4, 0.5) is 0 Å². The Morgan fingerprint density at radius 3 is 2.71 bits per heavy atom. The van der Waals surface area contributed by atoms with Crippen LogP contribution in [-0.2, 0) is 20.9 Å². The number of carbonyl (C=O) groups excluding carboxylic acids is 1. The highest BCUT2D eigenvalue weighted by molar-refractivity contribution is 6.11. The first kappa shape index (κ1) is 14.6. The van der Waals surface area contributed by atoms with Gasteiger partial charge in [0.1, 0.15) is 14.5 Å². The van der Waals surface area contributed by atoms with Gasteiger partial charge < -0.3 is 9.47 Å². The molecule has 0 amide bonds. The third-order valence-electron chi connectivity index (χ3n) is 5.38. The number of hydrogen-bond donors (Lipinski definition) is 0. The van der Waals surface area contributed by atoms with Crippen LogP contribution in [0.25, 0.3) is 0 Å². The van der Waals surface area contributed by atoms with Gasteiger partial charge in [-0.1, -0.05) is 44.2 Å². The molecule has 1 saturated carbocycles. The van der Waals surface area contributed by atoms with E-state index in [1.807, 2.05) is 30.3 Å². The molecule has 1 aliphatic heterocycles. The second-order valence-corrected chi connectivity index (χ2v) is 6.76. The maximum absolute atomic E-state index is 12.2. The lowest BCUT2D eigenvalue weighted by atomic mass is 9.78. The second kappa shape index (κ2) is 5.49. The molecule has 112 valence electrons. The van der Waals surface area contributed by atoms with Crippen molar-refractivity contribution in [2.75, 3.05) is 0 Å². The summed E-state index contributed by atoms with van der Waals surface area (Å²) in [4.78, 5) is 12.2. The molecule has 3 nitrogen and oxygen atoms in total. The first-order valence-electron chi connectivity index (χ1n) is 7.89. The first-order chi connectivity index (χ1) is 10.0. The maximum atomic E-state index is 12.2. The zero-order valence-electron chi connectivity index (χ0n) is 13.0. The summed E-state index contributed by atoms with van der Waals surface area (Å²) in [5.41, 5.74) is 0.729. The molecule has 0 aromatic heterocycles. The standard InChI is InChI=1S/C17H23BO3/c1-11-8-17(12(2)15(11)16(18)21-17)9-14(19)20-10-13-6-4-3-5-7-13/h3-7,11-12,15-16H,8-10,18H2,1-2H3/t11-,12?,15+,16-,17-/m1/s1. The van der Waals surface area contributed by atoms with Crippen LogP contribution in [0.1, 0.15) is 32.3 Å². The molecule has 0 N–H and O–H groups in total. The van der Waals surface area contributed by atoms with Gasteiger partial charge in [-0.3, -0.25) is 4.79 Å². The highest BCUT2D eigenvalue weighted by atomic mass is 16.5. The molecule has 2 fully saturated rings. The smallest absolute Gasteiger partial charge is 0.309 e. The van der Waals surface area contributed by atoms with Gasteiger partial charge >= 0.3 is 5.97 Å². The number of benzene rings is 1. The van der Waals surface area contributed by atoms with Crippen molar-refractivity contribution in [1.29, 1.82) is 0 Å². The number of esters is 1. The van der Waals surface area contributed by atoms with Gasteiger partial charge in [-0.2, -0.15) is 0 Å². The highest BCUT2D eigenvalue weighted by Crippen LogP contribution is 2.56. The van der Waals surface area contributed by atoms with Crippen molar-refractivity contribution in [3.05, 3.63) is 35.9 Å². The lowest BCUT2D eigenvalue weighted by Crippen LogP contribution is -2.38. The van der Waals surface area contributed by atoms with E-state index in [0.717, 1.165) is 12.0 Å². The van der Waals surface area contributed by atoms with Crippen LogP contribution in [-0.4, -0.2) is 25.4 Å². The predicted octanol–water partition coefficient (Wildman–Crippen LogP) is 2.14. The first-order valence-corrected chi connectivity index (χ1v) is 7.89. The van der Waals surface area contributed by atoms with Crippen molar-refractivity contribution in [3.8, 4) is 0 Å². The Morgan fingerprint density at radius 2 is 2.10 bits per heavy atom. The molecule has 2 aliphatic rings. The Morgan fingerprint density at radius 1 is 1.38 bits per heavy atom. The number of hydrogen-bond acceptors (Lipinski definition) is 3. The van der Waals surface area contributed by atoms with Gasteiger partial charge in [0.2, 0.25) is 0 Å². The van der Waals surface area contributed by atoms with E-state index in [1.54, 1.807) is 0 Å². The molecule has 3 rings (SSSR count). The van der Waals surface area contributed by atoms with Gasteiger partial charge in [0.05, 0.1) is 12.0 Å². The monoisotopic (exact) mass is 286 g/mol. The minimum Gasteiger partial charge on any atom is -0.461 e. The van der Waals surface area contributed by atoms with Gasteiger partial charge in [0.15, 0.2) is 0 Å². The molecule has 1 heterocycles. The third-order valence-corrected chi connectivity index (χ3v) is 5.38. The molecular formula is C17H23BO3. The van der Waals surface area contributed by atoms with E-state index in [0.29, 0.717) is 30.8 Å². The fraction of sp³-hybridized carbons (Fsp3) is 0.588. The predicted molar refractivity (Wildman–Crippen MR) is 83.4 cm³/mol. The van der Waals surface area contributed by atoms with Crippen molar-refractivity contribution >= 4 is 13.8 Å². The van der Waals surface area contributed by atoms with Crippen molar-refractivity contribution in [2.24, 2.45) is 17.8 Å². The summed E-state index contributed by atoms with van der Waals surface area (Å²) < 4.78 is 11.6. The van der Waals surface area contributed by atoms with Crippen LogP contribution in [0.3, 0.4) is 0 Å². The number of ether oxygens (including phenoxy) is 2. The van der Waals surface area contributed by atoms with Gasteiger partial charge in [-0.25, -0.2) is 0 Å². The van der Waals surface area contributed by atoms with Gasteiger partial charge in [0, 0.05) is 6.00 Å². The van der Waals surface area contributed by atoms with Crippen LogP contribution in [0.2, 0.25) is 0 Å². The van der Waals surface area contributed by atoms with E-state index >= 15 is 0 Å². The van der Waals surface area contributed by atoms with Gasteiger partial charge in [0.25, 0.3) is 0 Å². The van der Waals surface area contributed by atoms with E-state index in [9.17, 15) is 4.79 Å². The topological polar surface area (TPSA) is 35.5 Å². The molecule has 0 spiro atoms. The number of fused-ring (bicyclic) bond motifs is 2.